The predicted octanol–water partition coefficient (Wildman–Crippen LogP) is 0.287. The number of rotatable bonds is 3. The molecule has 1 aliphatic rings. The van der Waals surface area contributed by atoms with Gasteiger partial charge in [0.15, 0.2) is 11.6 Å². The molecule has 0 aliphatic carbocycles. The summed E-state index contributed by atoms with van der Waals surface area (Å²) in [5, 5.41) is 3.39. The van der Waals surface area contributed by atoms with Crippen LogP contribution in [0.3, 0.4) is 0 Å². The van der Waals surface area contributed by atoms with E-state index in [1.54, 1.807) is 30.3 Å². The average molecular weight is 342 g/mol. The minimum Gasteiger partial charge on any atom is -0.339 e. The maximum Gasteiger partial charge on any atom is 0.255 e. The Morgan fingerprint density at radius 1 is 1.24 bits per heavy atom. The summed E-state index contributed by atoms with van der Waals surface area (Å²) >= 11 is 0. The van der Waals surface area contributed by atoms with E-state index in [1.807, 2.05) is 13.8 Å². The van der Waals surface area contributed by atoms with Gasteiger partial charge in [0, 0.05) is 48.8 Å². The van der Waals surface area contributed by atoms with E-state index < -0.39 is 0 Å². The molecule has 3 rings (SSSR count). The molecule has 25 heavy (non-hydrogen) atoms. The van der Waals surface area contributed by atoms with Gasteiger partial charge < -0.3 is 15.2 Å². The fourth-order valence-corrected chi connectivity index (χ4v) is 3.14. The highest BCUT2D eigenvalue weighted by molar-refractivity contribution is 5.79. The molecular weight excluding hydrogens is 320 g/mol. The summed E-state index contributed by atoms with van der Waals surface area (Å²) in [6.45, 7) is 7.11. The van der Waals surface area contributed by atoms with Gasteiger partial charge in [0.05, 0.1) is 6.42 Å². The van der Waals surface area contributed by atoms with Crippen molar-refractivity contribution in [2.45, 2.75) is 39.3 Å². The second kappa shape index (κ2) is 7.10. The van der Waals surface area contributed by atoms with Crippen LogP contribution in [0, 0.1) is 6.92 Å². The van der Waals surface area contributed by atoms with Crippen LogP contribution in [0.1, 0.15) is 25.1 Å². The molecule has 0 saturated carbocycles. The second-order valence-corrected chi connectivity index (χ2v) is 6.50. The lowest BCUT2D eigenvalue weighted by Gasteiger charge is -2.36. The highest BCUT2D eigenvalue weighted by atomic mass is 16.2. The highest BCUT2D eigenvalue weighted by Crippen LogP contribution is 2.11. The molecule has 8 nitrogen and oxygen atoms in total. The molecule has 0 bridgehead atoms. The maximum atomic E-state index is 12.6. The van der Waals surface area contributed by atoms with Crippen molar-refractivity contribution >= 4 is 5.91 Å². The predicted molar refractivity (Wildman–Crippen MR) is 93.0 cm³/mol. The number of amides is 1. The molecule has 1 saturated heterocycles. The van der Waals surface area contributed by atoms with E-state index in [0.29, 0.717) is 36.0 Å². The van der Waals surface area contributed by atoms with Crippen molar-refractivity contribution in [1.82, 2.24) is 30.2 Å². The van der Waals surface area contributed by atoms with E-state index in [9.17, 15) is 9.59 Å². The Labute approximate surface area is 145 Å². The van der Waals surface area contributed by atoms with E-state index in [1.165, 1.54) is 0 Å². The second-order valence-electron chi connectivity index (χ2n) is 6.50. The Bertz CT molecular complexity index is 810. The Morgan fingerprint density at radius 2 is 1.88 bits per heavy atom. The SMILES string of the molecule is Cc1nc(-c2ncccn2)[nH]c(=O)c1CC(=O)N1C[C@H](C)N[C@@H](C)C1. The summed E-state index contributed by atoms with van der Waals surface area (Å²) < 4.78 is 0. The van der Waals surface area contributed by atoms with E-state index in [-0.39, 0.29) is 30.0 Å². The van der Waals surface area contributed by atoms with Gasteiger partial charge in [-0.05, 0) is 26.8 Å². The molecular formula is C17H22N6O2. The minimum absolute atomic E-state index is 0.0452. The third-order valence-corrected chi connectivity index (χ3v) is 4.24. The van der Waals surface area contributed by atoms with Crippen LogP contribution in [0.25, 0.3) is 11.6 Å². The number of hydrogen-bond acceptors (Lipinski definition) is 6. The van der Waals surface area contributed by atoms with Gasteiger partial charge in [-0.2, -0.15) is 0 Å². The topological polar surface area (TPSA) is 104 Å². The highest BCUT2D eigenvalue weighted by Gasteiger charge is 2.26. The monoisotopic (exact) mass is 342 g/mol. The van der Waals surface area contributed by atoms with Crippen LogP contribution in [0.5, 0.6) is 0 Å². The molecule has 0 aromatic carbocycles. The van der Waals surface area contributed by atoms with Crippen LogP contribution in [-0.2, 0) is 11.2 Å². The number of carbonyl (C=O) groups excluding carboxylic acids is 1. The largest absolute Gasteiger partial charge is 0.339 e. The molecule has 1 amide bonds. The van der Waals surface area contributed by atoms with Gasteiger partial charge in [-0.15, -0.1) is 0 Å². The van der Waals surface area contributed by atoms with E-state index in [2.05, 4.69) is 25.3 Å². The first-order valence-corrected chi connectivity index (χ1v) is 8.35. The first-order valence-electron chi connectivity index (χ1n) is 8.35. The van der Waals surface area contributed by atoms with Crippen molar-refractivity contribution in [3.63, 3.8) is 0 Å². The lowest BCUT2D eigenvalue weighted by Crippen LogP contribution is -2.56. The van der Waals surface area contributed by atoms with Crippen LogP contribution in [0.15, 0.2) is 23.3 Å². The number of aryl methyl sites for hydroxylation is 1. The third-order valence-electron chi connectivity index (χ3n) is 4.24. The molecule has 132 valence electrons. The number of nitrogens with zero attached hydrogens (tertiary/aromatic N) is 4. The lowest BCUT2D eigenvalue weighted by molar-refractivity contribution is -0.132. The molecule has 2 aromatic heterocycles. The summed E-state index contributed by atoms with van der Waals surface area (Å²) in [5.41, 5.74) is 0.596. The first-order chi connectivity index (χ1) is 11.9. The minimum atomic E-state index is -0.320. The lowest BCUT2D eigenvalue weighted by atomic mass is 10.1. The molecule has 0 unspecified atom stereocenters. The maximum absolute atomic E-state index is 12.6. The first kappa shape index (κ1) is 17.2. The standard InChI is InChI=1S/C17H22N6O2/c1-10-8-23(9-11(2)20-10)14(24)7-13-12(3)21-16(22-17(13)25)15-18-5-4-6-19-15/h4-6,10-11,20H,7-9H2,1-3H3,(H,21,22,25)/t10-,11-/m0/s1. The normalized spacial score (nSPS) is 20.5. The average Bonchev–Trinajstić information content (AvgIpc) is 2.57. The summed E-state index contributed by atoms with van der Waals surface area (Å²) in [6, 6.07) is 2.17. The number of nitrogens with one attached hydrogen (secondary N) is 2. The Morgan fingerprint density at radius 3 is 2.48 bits per heavy atom. The van der Waals surface area contributed by atoms with E-state index >= 15 is 0 Å². The van der Waals surface area contributed by atoms with Crippen LogP contribution in [0.2, 0.25) is 0 Å². The summed E-state index contributed by atoms with van der Waals surface area (Å²) in [4.78, 5) is 42.1. The molecule has 3 heterocycles. The van der Waals surface area contributed by atoms with Gasteiger partial charge in [0.1, 0.15) is 0 Å². The zero-order chi connectivity index (χ0) is 18.0. The number of aromatic nitrogens is 4. The quantitative estimate of drug-likeness (QED) is 0.831. The number of hydrogen-bond donors (Lipinski definition) is 2. The molecule has 2 N–H and O–H groups in total. The van der Waals surface area contributed by atoms with Crippen LogP contribution < -0.4 is 10.9 Å². The van der Waals surface area contributed by atoms with Gasteiger partial charge in [0.2, 0.25) is 5.91 Å². The van der Waals surface area contributed by atoms with Crippen molar-refractivity contribution in [3.05, 3.63) is 40.1 Å². The van der Waals surface area contributed by atoms with Crippen molar-refractivity contribution in [1.29, 1.82) is 0 Å². The summed E-state index contributed by atoms with van der Waals surface area (Å²) in [6.07, 6.45) is 3.22. The zero-order valence-corrected chi connectivity index (χ0v) is 14.6. The molecule has 1 fully saturated rings. The van der Waals surface area contributed by atoms with Gasteiger partial charge in [-0.1, -0.05) is 0 Å². The summed E-state index contributed by atoms with van der Waals surface area (Å²) in [5.74, 6) is 0.605. The van der Waals surface area contributed by atoms with E-state index in [0.717, 1.165) is 0 Å². The molecule has 0 radical (unpaired) electrons. The van der Waals surface area contributed by atoms with Gasteiger partial charge >= 0.3 is 0 Å². The Balaban J connectivity index is 1.81. The smallest absolute Gasteiger partial charge is 0.255 e. The molecule has 2 aromatic rings. The van der Waals surface area contributed by atoms with Crippen molar-refractivity contribution < 1.29 is 4.79 Å². The number of piperazine rings is 1. The van der Waals surface area contributed by atoms with E-state index in [4.69, 9.17) is 0 Å². The number of carbonyl (C=O) groups is 1. The number of H-pyrrole nitrogens is 1. The van der Waals surface area contributed by atoms with Crippen LogP contribution >= 0.6 is 0 Å². The van der Waals surface area contributed by atoms with Crippen molar-refractivity contribution in [2.24, 2.45) is 0 Å². The third kappa shape index (κ3) is 3.90. The van der Waals surface area contributed by atoms with Crippen LogP contribution in [-0.4, -0.2) is 55.9 Å². The number of aromatic amines is 1. The van der Waals surface area contributed by atoms with Gasteiger partial charge in [0.25, 0.3) is 5.56 Å². The molecule has 1 aliphatic heterocycles. The van der Waals surface area contributed by atoms with Crippen LogP contribution in [0.4, 0.5) is 0 Å². The summed E-state index contributed by atoms with van der Waals surface area (Å²) in [7, 11) is 0. The molecule has 8 heteroatoms. The molecule has 0 spiro atoms. The Hall–Kier alpha value is -2.61. The van der Waals surface area contributed by atoms with Crippen molar-refractivity contribution in [3.8, 4) is 11.6 Å². The van der Waals surface area contributed by atoms with Gasteiger partial charge in [-0.25, -0.2) is 15.0 Å². The fraction of sp³-hybridized carbons (Fsp3) is 0.471. The molecule has 2 atom stereocenters. The fourth-order valence-electron chi connectivity index (χ4n) is 3.14. The Kier molecular flexibility index (Phi) is 4.89. The zero-order valence-electron chi connectivity index (χ0n) is 14.6. The van der Waals surface area contributed by atoms with Crippen molar-refractivity contribution in [2.75, 3.05) is 13.1 Å². The van der Waals surface area contributed by atoms with Gasteiger partial charge in [-0.3, -0.25) is 9.59 Å².